The summed E-state index contributed by atoms with van der Waals surface area (Å²) < 4.78 is 33.4. The number of hydrogen-bond donors (Lipinski definition) is 2. The molecule has 0 saturated heterocycles. The first kappa shape index (κ1) is 20.6. The molecule has 3 aromatic carbocycles. The van der Waals surface area contributed by atoms with Crippen molar-refractivity contribution in [1.82, 2.24) is 0 Å². The zero-order chi connectivity index (χ0) is 22.0. The molecule has 0 unspecified atom stereocenters. The molecule has 0 aliphatic heterocycles. The number of sulfonamides is 1. The highest BCUT2D eigenvalue weighted by molar-refractivity contribution is 7.92. The summed E-state index contributed by atoms with van der Waals surface area (Å²) in [6, 6.07) is 19.6. The molecule has 1 aromatic heterocycles. The van der Waals surface area contributed by atoms with Gasteiger partial charge in [-0.25, -0.2) is 13.2 Å². The number of benzene rings is 3. The van der Waals surface area contributed by atoms with Crippen molar-refractivity contribution in [3.05, 3.63) is 99.9 Å². The molecule has 0 fully saturated rings. The van der Waals surface area contributed by atoms with E-state index in [0.717, 1.165) is 0 Å². The summed E-state index contributed by atoms with van der Waals surface area (Å²) in [6.07, 6.45) is 0. The lowest BCUT2D eigenvalue weighted by Crippen LogP contribution is -2.17. The number of amides is 1. The molecule has 0 radical (unpaired) electrons. The van der Waals surface area contributed by atoms with Crippen LogP contribution in [0.15, 0.2) is 93.0 Å². The number of rotatable bonds is 5. The molecule has 0 aliphatic rings. The molecule has 1 heterocycles. The van der Waals surface area contributed by atoms with E-state index in [-0.39, 0.29) is 21.9 Å². The minimum atomic E-state index is -3.98. The third kappa shape index (κ3) is 4.60. The molecule has 31 heavy (non-hydrogen) atoms. The summed E-state index contributed by atoms with van der Waals surface area (Å²) in [4.78, 5) is 23.8. The lowest BCUT2D eigenvalue weighted by atomic mass is 10.2. The Hall–Kier alpha value is -3.62. The first-order valence-corrected chi connectivity index (χ1v) is 10.9. The number of fused-ring (bicyclic) bond motifs is 1. The zero-order valence-electron chi connectivity index (χ0n) is 15.8. The molecule has 0 spiro atoms. The highest BCUT2D eigenvalue weighted by atomic mass is 35.5. The summed E-state index contributed by atoms with van der Waals surface area (Å²) in [5.41, 5.74) is 0.620. The monoisotopic (exact) mass is 454 g/mol. The smallest absolute Gasteiger partial charge is 0.336 e. The van der Waals surface area contributed by atoms with Crippen molar-refractivity contribution in [2.24, 2.45) is 0 Å². The second-order valence-electron chi connectivity index (χ2n) is 6.57. The fourth-order valence-electron chi connectivity index (χ4n) is 2.90. The Morgan fingerprint density at radius 3 is 2.32 bits per heavy atom. The van der Waals surface area contributed by atoms with Crippen LogP contribution in [0.3, 0.4) is 0 Å². The van der Waals surface area contributed by atoms with Crippen LogP contribution in [0.25, 0.3) is 11.0 Å². The summed E-state index contributed by atoms with van der Waals surface area (Å²) in [5.74, 6) is -0.413. The van der Waals surface area contributed by atoms with Crippen molar-refractivity contribution in [3.8, 4) is 0 Å². The molecule has 2 N–H and O–H groups in total. The quantitative estimate of drug-likeness (QED) is 0.432. The molecule has 156 valence electrons. The minimum Gasteiger partial charge on any atom is -0.423 e. The predicted molar refractivity (Wildman–Crippen MR) is 119 cm³/mol. The second-order valence-corrected chi connectivity index (χ2v) is 8.69. The van der Waals surface area contributed by atoms with Crippen LogP contribution in [0, 0.1) is 0 Å². The lowest BCUT2D eigenvalue weighted by Gasteiger charge is -2.14. The van der Waals surface area contributed by atoms with E-state index in [1.807, 2.05) is 0 Å². The first-order valence-electron chi connectivity index (χ1n) is 9.04. The number of nitrogens with one attached hydrogen (secondary N) is 2. The van der Waals surface area contributed by atoms with Gasteiger partial charge in [-0.2, -0.15) is 0 Å². The van der Waals surface area contributed by atoms with Crippen molar-refractivity contribution in [3.63, 3.8) is 0 Å². The number of carbonyl (C=O) groups is 1. The van der Waals surface area contributed by atoms with Crippen molar-refractivity contribution < 1.29 is 17.6 Å². The van der Waals surface area contributed by atoms with Gasteiger partial charge in [0.2, 0.25) is 0 Å². The second kappa shape index (κ2) is 8.25. The topological polar surface area (TPSA) is 105 Å². The molecule has 0 saturated carbocycles. The average molecular weight is 455 g/mol. The molecule has 9 heteroatoms. The molecule has 0 aliphatic carbocycles. The summed E-state index contributed by atoms with van der Waals surface area (Å²) >= 11 is 5.85. The molecular weight excluding hydrogens is 440 g/mol. The molecular formula is C22H15ClN2O5S. The third-order valence-corrected chi connectivity index (χ3v) is 6.04. The average Bonchev–Trinajstić information content (AvgIpc) is 2.75. The Kier molecular flexibility index (Phi) is 5.50. The van der Waals surface area contributed by atoms with E-state index >= 15 is 0 Å². The van der Waals surface area contributed by atoms with Crippen LogP contribution in [0.1, 0.15) is 10.4 Å². The lowest BCUT2D eigenvalue weighted by molar-refractivity contribution is 0.102. The number of carbonyl (C=O) groups excluding carboxylic acids is 1. The highest BCUT2D eigenvalue weighted by Gasteiger charge is 2.18. The van der Waals surface area contributed by atoms with Crippen molar-refractivity contribution in [2.75, 3.05) is 10.0 Å². The van der Waals surface area contributed by atoms with E-state index in [1.54, 1.807) is 42.5 Å². The molecule has 0 atom stereocenters. The van der Waals surface area contributed by atoms with Gasteiger partial charge in [0.05, 0.1) is 16.3 Å². The Morgan fingerprint density at radius 1 is 0.871 bits per heavy atom. The fourth-order valence-corrected chi connectivity index (χ4v) is 4.14. The first-order chi connectivity index (χ1) is 14.8. The normalized spacial score (nSPS) is 11.3. The largest absolute Gasteiger partial charge is 0.423 e. The molecule has 4 aromatic rings. The van der Waals surface area contributed by atoms with Gasteiger partial charge < -0.3 is 9.73 Å². The molecule has 0 bridgehead atoms. The zero-order valence-corrected chi connectivity index (χ0v) is 17.4. The number of anilines is 2. The Bertz CT molecular complexity index is 1450. The van der Waals surface area contributed by atoms with E-state index in [1.165, 1.54) is 36.4 Å². The van der Waals surface area contributed by atoms with Crippen LogP contribution in [0.4, 0.5) is 11.4 Å². The van der Waals surface area contributed by atoms with Crippen LogP contribution in [0.2, 0.25) is 5.02 Å². The Morgan fingerprint density at radius 2 is 1.58 bits per heavy atom. The van der Waals surface area contributed by atoms with E-state index < -0.39 is 21.6 Å². The Balaban J connectivity index is 1.62. The van der Waals surface area contributed by atoms with Crippen LogP contribution in [-0.2, 0) is 10.0 Å². The maximum absolute atomic E-state index is 12.9. The van der Waals surface area contributed by atoms with Gasteiger partial charge in [-0.15, -0.1) is 0 Å². The van der Waals surface area contributed by atoms with E-state index in [2.05, 4.69) is 10.0 Å². The van der Waals surface area contributed by atoms with Crippen molar-refractivity contribution in [1.29, 1.82) is 0 Å². The van der Waals surface area contributed by atoms with Gasteiger partial charge in [-0.05, 0) is 60.7 Å². The summed E-state index contributed by atoms with van der Waals surface area (Å²) in [6.45, 7) is 0. The predicted octanol–water partition coefficient (Wildman–Crippen LogP) is 4.50. The standard InChI is InChI=1S/C22H15ClN2O5S/c23-16-8-5-14(6-9-16)22(27)24-18-3-1-2-4-19(18)25-31(28,29)17-10-11-20-15(13-17)7-12-21(26)30-20/h1-13,25H,(H,24,27). The van der Waals surface area contributed by atoms with Crippen LogP contribution in [-0.4, -0.2) is 14.3 Å². The van der Waals surface area contributed by atoms with E-state index in [9.17, 15) is 18.0 Å². The third-order valence-electron chi connectivity index (χ3n) is 4.43. The van der Waals surface area contributed by atoms with Crippen LogP contribution < -0.4 is 15.7 Å². The van der Waals surface area contributed by atoms with Gasteiger partial charge in [-0.1, -0.05) is 23.7 Å². The van der Waals surface area contributed by atoms with Crippen LogP contribution >= 0.6 is 11.6 Å². The summed E-state index contributed by atoms with van der Waals surface area (Å²) in [7, 11) is -3.98. The molecule has 7 nitrogen and oxygen atoms in total. The maximum atomic E-state index is 12.9. The van der Waals surface area contributed by atoms with Gasteiger partial charge in [0, 0.05) is 22.0 Å². The van der Waals surface area contributed by atoms with Gasteiger partial charge in [0.1, 0.15) is 5.58 Å². The van der Waals surface area contributed by atoms with Crippen LogP contribution in [0.5, 0.6) is 0 Å². The molecule has 1 amide bonds. The van der Waals surface area contributed by atoms with Crippen molar-refractivity contribution >= 4 is 49.9 Å². The number of para-hydroxylation sites is 2. The van der Waals surface area contributed by atoms with E-state index in [0.29, 0.717) is 16.0 Å². The van der Waals surface area contributed by atoms with Gasteiger partial charge >= 0.3 is 5.63 Å². The minimum absolute atomic E-state index is 0.0207. The SMILES string of the molecule is O=C(Nc1ccccc1NS(=O)(=O)c1ccc2oc(=O)ccc2c1)c1ccc(Cl)cc1. The number of halogens is 1. The van der Waals surface area contributed by atoms with Gasteiger partial charge in [0.15, 0.2) is 0 Å². The molecule has 4 rings (SSSR count). The van der Waals surface area contributed by atoms with Gasteiger partial charge in [-0.3, -0.25) is 9.52 Å². The van der Waals surface area contributed by atoms with Gasteiger partial charge in [0.25, 0.3) is 15.9 Å². The Labute approximate surface area is 182 Å². The number of hydrogen-bond acceptors (Lipinski definition) is 5. The van der Waals surface area contributed by atoms with Crippen molar-refractivity contribution in [2.45, 2.75) is 4.90 Å². The highest BCUT2D eigenvalue weighted by Crippen LogP contribution is 2.26. The fraction of sp³-hybridized carbons (Fsp3) is 0. The summed E-state index contributed by atoms with van der Waals surface area (Å²) in [5, 5.41) is 3.66. The maximum Gasteiger partial charge on any atom is 0.336 e. The van der Waals surface area contributed by atoms with E-state index in [4.69, 9.17) is 16.0 Å².